The predicted molar refractivity (Wildman–Crippen MR) is 98.5 cm³/mol. The quantitative estimate of drug-likeness (QED) is 0.366. The van der Waals surface area contributed by atoms with Gasteiger partial charge in [-0.25, -0.2) is 9.97 Å². The summed E-state index contributed by atoms with van der Waals surface area (Å²) in [6, 6.07) is 2.44. The van der Waals surface area contributed by atoms with Crippen molar-refractivity contribution in [1.82, 2.24) is 9.97 Å². The maximum atomic E-state index is 13.0. The largest absolute Gasteiger partial charge is 0.293 e. The summed E-state index contributed by atoms with van der Waals surface area (Å²) in [6.07, 6.45) is 2.76. The maximum Gasteiger partial charge on any atom is 0.285 e. The Labute approximate surface area is 157 Å². The minimum absolute atomic E-state index is 0.214. The van der Waals surface area contributed by atoms with E-state index < -0.39 is 11.9 Å². The van der Waals surface area contributed by atoms with E-state index in [1.54, 1.807) is 0 Å². The summed E-state index contributed by atoms with van der Waals surface area (Å²) in [5.74, 6) is -1.54. The molecule has 3 rings (SSSR count). The number of pyridine rings is 1. The average molecular weight is 393 g/mol. The number of carbonyl (C=O) groups is 3. The van der Waals surface area contributed by atoms with Gasteiger partial charge in [-0.1, -0.05) is 30.0 Å². The van der Waals surface area contributed by atoms with Crippen LogP contribution in [0.25, 0.3) is 0 Å². The lowest BCUT2D eigenvalue weighted by Crippen LogP contribution is -2.23. The van der Waals surface area contributed by atoms with E-state index in [1.807, 2.05) is 6.92 Å². The molecule has 1 aliphatic rings. The van der Waals surface area contributed by atoms with Gasteiger partial charge in [-0.3, -0.25) is 19.7 Å². The number of thiazole rings is 1. The fourth-order valence-corrected chi connectivity index (χ4v) is 4.25. The first-order valence-corrected chi connectivity index (χ1v) is 9.93. The Morgan fingerprint density at radius 1 is 1.42 bits per heavy atom. The standard InChI is InChI=1S/C17H16FN3O3S2/c1-2-25-17(24)21-16-20-11-5-3-4-10(14(23)15(11)26-16)13(22)9-6-7-12(18)19-8-9/h6-8,10H,2-5H2,1H3,(H,20,21,24). The molecule has 1 unspecified atom stereocenters. The molecule has 0 aromatic carbocycles. The van der Waals surface area contributed by atoms with Crippen molar-refractivity contribution < 1.29 is 18.8 Å². The van der Waals surface area contributed by atoms with Gasteiger partial charge in [0.1, 0.15) is 0 Å². The molecule has 2 aromatic heterocycles. The van der Waals surface area contributed by atoms with Crippen molar-refractivity contribution in [3.63, 3.8) is 0 Å². The van der Waals surface area contributed by atoms with Crippen molar-refractivity contribution in [2.24, 2.45) is 5.92 Å². The number of amides is 1. The Balaban J connectivity index is 1.83. The Hall–Kier alpha value is -2.13. The van der Waals surface area contributed by atoms with E-state index in [1.165, 1.54) is 6.07 Å². The number of halogens is 1. The second kappa shape index (κ2) is 8.05. The molecule has 136 valence electrons. The number of carbonyl (C=O) groups excluding carboxylic acids is 3. The van der Waals surface area contributed by atoms with Crippen molar-refractivity contribution >= 4 is 45.0 Å². The summed E-state index contributed by atoms with van der Waals surface area (Å²) in [6.45, 7) is 1.87. The number of ketones is 2. The zero-order valence-corrected chi connectivity index (χ0v) is 15.6. The van der Waals surface area contributed by atoms with Crippen LogP contribution in [0.1, 0.15) is 45.5 Å². The Bertz CT molecular complexity index is 851. The lowest BCUT2D eigenvalue weighted by Gasteiger charge is -2.11. The number of anilines is 1. The molecule has 0 spiro atoms. The summed E-state index contributed by atoms with van der Waals surface area (Å²) in [4.78, 5) is 45.5. The highest BCUT2D eigenvalue weighted by atomic mass is 32.2. The van der Waals surface area contributed by atoms with E-state index in [4.69, 9.17) is 0 Å². The van der Waals surface area contributed by atoms with Crippen LogP contribution in [0, 0.1) is 11.9 Å². The molecular weight excluding hydrogens is 377 g/mol. The van der Waals surface area contributed by atoms with E-state index in [9.17, 15) is 18.8 Å². The zero-order chi connectivity index (χ0) is 18.7. The lowest BCUT2D eigenvalue weighted by atomic mass is 9.91. The highest BCUT2D eigenvalue weighted by molar-refractivity contribution is 8.13. The molecule has 2 heterocycles. The molecule has 1 amide bonds. The summed E-state index contributed by atoms with van der Waals surface area (Å²) in [7, 11) is 0. The lowest BCUT2D eigenvalue weighted by molar-refractivity contribution is 0.0803. The van der Waals surface area contributed by atoms with Gasteiger partial charge in [-0.15, -0.1) is 0 Å². The predicted octanol–water partition coefficient (Wildman–Crippen LogP) is 3.98. The molecule has 0 saturated heterocycles. The van der Waals surface area contributed by atoms with Crippen molar-refractivity contribution in [3.8, 4) is 0 Å². The van der Waals surface area contributed by atoms with Gasteiger partial charge in [0, 0.05) is 11.8 Å². The van der Waals surface area contributed by atoms with Crippen molar-refractivity contribution in [2.75, 3.05) is 11.1 Å². The van der Waals surface area contributed by atoms with Crippen LogP contribution in [0.2, 0.25) is 0 Å². The number of hydrogen-bond acceptors (Lipinski definition) is 7. The molecule has 1 atom stereocenters. The molecule has 1 aliphatic carbocycles. The van der Waals surface area contributed by atoms with Crippen LogP contribution in [0.4, 0.5) is 14.3 Å². The average Bonchev–Trinajstić information content (AvgIpc) is 2.94. The normalized spacial score (nSPS) is 16.7. The number of nitrogens with one attached hydrogen (secondary N) is 1. The summed E-state index contributed by atoms with van der Waals surface area (Å²) >= 11 is 2.22. The fraction of sp³-hybridized carbons (Fsp3) is 0.353. The molecule has 26 heavy (non-hydrogen) atoms. The molecular formula is C17H16FN3O3S2. The van der Waals surface area contributed by atoms with Crippen molar-refractivity contribution in [2.45, 2.75) is 26.2 Å². The van der Waals surface area contributed by atoms with E-state index in [0.29, 0.717) is 40.7 Å². The van der Waals surface area contributed by atoms with Gasteiger partial charge in [0.25, 0.3) is 5.24 Å². The van der Waals surface area contributed by atoms with Crippen molar-refractivity contribution in [3.05, 3.63) is 40.4 Å². The number of fused-ring (bicyclic) bond motifs is 1. The Morgan fingerprint density at radius 2 is 2.23 bits per heavy atom. The summed E-state index contributed by atoms with van der Waals surface area (Å²) in [5, 5.41) is 2.80. The van der Waals surface area contributed by atoms with Gasteiger partial charge in [0.2, 0.25) is 5.95 Å². The number of thioether (sulfide) groups is 1. The second-order valence-corrected chi connectivity index (χ2v) is 7.92. The first-order valence-electron chi connectivity index (χ1n) is 8.13. The topological polar surface area (TPSA) is 89.0 Å². The smallest absolute Gasteiger partial charge is 0.285 e. The van der Waals surface area contributed by atoms with Crippen LogP contribution in [0.15, 0.2) is 18.3 Å². The second-order valence-electron chi connectivity index (χ2n) is 5.68. The van der Waals surface area contributed by atoms with E-state index >= 15 is 0 Å². The van der Waals surface area contributed by atoms with E-state index in [0.717, 1.165) is 35.4 Å². The molecule has 1 N–H and O–H groups in total. The molecule has 0 fully saturated rings. The monoisotopic (exact) mass is 393 g/mol. The molecule has 0 saturated carbocycles. The first kappa shape index (κ1) is 18.7. The third kappa shape index (κ3) is 3.99. The van der Waals surface area contributed by atoms with Crippen LogP contribution in [-0.4, -0.2) is 32.5 Å². The Kier molecular flexibility index (Phi) is 5.77. The van der Waals surface area contributed by atoms with Crippen LogP contribution in [0.3, 0.4) is 0 Å². The van der Waals surface area contributed by atoms with Crippen LogP contribution >= 0.6 is 23.1 Å². The molecule has 0 aliphatic heterocycles. The molecule has 0 radical (unpaired) electrons. The fourth-order valence-electron chi connectivity index (χ4n) is 2.76. The minimum atomic E-state index is -0.836. The van der Waals surface area contributed by atoms with Gasteiger partial charge in [-0.2, -0.15) is 4.39 Å². The third-order valence-corrected chi connectivity index (χ3v) is 5.64. The number of nitrogens with zero attached hydrogens (tertiary/aromatic N) is 2. The molecule has 2 aromatic rings. The summed E-state index contributed by atoms with van der Waals surface area (Å²) in [5.41, 5.74) is 0.829. The molecule has 6 nitrogen and oxygen atoms in total. The highest BCUT2D eigenvalue weighted by Gasteiger charge is 2.34. The van der Waals surface area contributed by atoms with Crippen LogP contribution in [0.5, 0.6) is 0 Å². The van der Waals surface area contributed by atoms with Crippen LogP contribution in [-0.2, 0) is 6.42 Å². The first-order chi connectivity index (χ1) is 12.5. The molecule has 9 heteroatoms. The number of hydrogen-bond donors (Lipinski definition) is 1. The van der Waals surface area contributed by atoms with Crippen molar-refractivity contribution in [1.29, 1.82) is 0 Å². The third-order valence-electron chi connectivity index (χ3n) is 3.96. The zero-order valence-electron chi connectivity index (χ0n) is 14.0. The SMILES string of the molecule is CCSC(=O)Nc1nc2c(s1)C(=O)C(C(=O)c1ccc(F)nc1)CCC2. The highest BCUT2D eigenvalue weighted by Crippen LogP contribution is 2.33. The summed E-state index contributed by atoms with van der Waals surface area (Å²) < 4.78 is 13.0. The van der Waals surface area contributed by atoms with Gasteiger partial charge in [0.05, 0.1) is 16.5 Å². The van der Waals surface area contributed by atoms with E-state index in [-0.39, 0.29) is 22.4 Å². The van der Waals surface area contributed by atoms with Gasteiger partial charge in [-0.05, 0) is 37.1 Å². The number of rotatable bonds is 4. The van der Waals surface area contributed by atoms with E-state index in [2.05, 4.69) is 15.3 Å². The van der Waals surface area contributed by atoms with Crippen LogP contribution < -0.4 is 5.32 Å². The van der Waals surface area contributed by atoms with Gasteiger partial charge in [0.15, 0.2) is 16.7 Å². The minimum Gasteiger partial charge on any atom is -0.293 e. The number of Topliss-reactive ketones (excluding diaryl/α,β-unsaturated/α-hetero) is 2. The Morgan fingerprint density at radius 3 is 2.92 bits per heavy atom. The molecule has 0 bridgehead atoms. The number of aryl methyl sites for hydroxylation is 1. The van der Waals surface area contributed by atoms with Gasteiger partial charge >= 0.3 is 0 Å². The maximum absolute atomic E-state index is 13.0. The number of aromatic nitrogens is 2. The van der Waals surface area contributed by atoms with Gasteiger partial charge < -0.3 is 0 Å².